The Hall–Kier alpha value is -4.01. The highest BCUT2D eigenvalue weighted by molar-refractivity contribution is 5.98. The van der Waals surface area contributed by atoms with Crippen LogP contribution in [0.2, 0.25) is 0 Å². The molecular formula is C21H19N3O6. The first kappa shape index (κ1) is 20.7. The molecule has 1 aromatic heterocycles. The van der Waals surface area contributed by atoms with Gasteiger partial charge >= 0.3 is 5.97 Å². The molecule has 0 bridgehead atoms. The molecule has 2 N–H and O–H groups in total. The minimum atomic E-state index is -1.17. The molecule has 30 heavy (non-hydrogen) atoms. The van der Waals surface area contributed by atoms with E-state index >= 15 is 0 Å². The van der Waals surface area contributed by atoms with E-state index in [1.807, 2.05) is 0 Å². The average Bonchev–Trinajstić information content (AvgIpc) is 2.72. The van der Waals surface area contributed by atoms with Gasteiger partial charge in [0.1, 0.15) is 6.54 Å². The van der Waals surface area contributed by atoms with Crippen molar-refractivity contribution in [1.29, 1.82) is 0 Å². The molecule has 2 aromatic carbocycles. The van der Waals surface area contributed by atoms with E-state index in [9.17, 15) is 24.0 Å². The van der Waals surface area contributed by atoms with Crippen molar-refractivity contribution in [3.05, 3.63) is 74.8 Å². The smallest absolute Gasteiger partial charge is 0.328 e. The lowest BCUT2D eigenvalue weighted by Gasteiger charge is -2.14. The molecule has 0 aliphatic heterocycles. The predicted octanol–water partition coefficient (Wildman–Crippen LogP) is 1.46. The third-order valence-corrected chi connectivity index (χ3v) is 4.39. The van der Waals surface area contributed by atoms with E-state index in [4.69, 9.17) is 4.74 Å². The highest BCUT2D eigenvalue weighted by atomic mass is 16.5. The Morgan fingerprint density at radius 2 is 1.77 bits per heavy atom. The molecule has 9 heteroatoms. The number of fused-ring (bicyclic) bond motifs is 1. The molecule has 0 radical (unpaired) electrons. The fourth-order valence-corrected chi connectivity index (χ4v) is 2.83. The Morgan fingerprint density at radius 1 is 1.07 bits per heavy atom. The van der Waals surface area contributed by atoms with Crippen molar-refractivity contribution in [3.8, 4) is 0 Å². The number of hydrogen-bond donors (Lipinski definition) is 2. The molecule has 1 amide bonds. The Morgan fingerprint density at radius 3 is 2.47 bits per heavy atom. The number of carbonyl (C=O) groups is 3. The van der Waals surface area contributed by atoms with Crippen LogP contribution in [0, 0.1) is 0 Å². The van der Waals surface area contributed by atoms with Gasteiger partial charge in [0.05, 0.1) is 10.8 Å². The maximum atomic E-state index is 12.4. The fraction of sp³-hybridized carbons (Fsp3) is 0.190. The van der Waals surface area contributed by atoms with Crippen LogP contribution in [-0.2, 0) is 20.9 Å². The number of ether oxygens (including phenoxy) is 1. The monoisotopic (exact) mass is 409 g/mol. The number of amides is 1. The van der Waals surface area contributed by atoms with Gasteiger partial charge in [0, 0.05) is 11.3 Å². The van der Waals surface area contributed by atoms with Crippen LogP contribution < -0.4 is 16.4 Å². The number of nitrogens with zero attached hydrogens (tertiary/aromatic N) is 1. The van der Waals surface area contributed by atoms with E-state index in [1.54, 1.807) is 30.3 Å². The van der Waals surface area contributed by atoms with E-state index in [2.05, 4.69) is 10.4 Å². The van der Waals surface area contributed by atoms with Crippen molar-refractivity contribution >= 4 is 34.1 Å². The van der Waals surface area contributed by atoms with Crippen LogP contribution >= 0.6 is 0 Å². The van der Waals surface area contributed by atoms with Crippen molar-refractivity contribution < 1.29 is 19.1 Å². The van der Waals surface area contributed by atoms with Crippen LogP contribution in [0.1, 0.15) is 24.2 Å². The number of hydrogen-bond acceptors (Lipinski definition) is 6. The summed E-state index contributed by atoms with van der Waals surface area (Å²) in [6, 6.07) is 12.6. The topological polar surface area (TPSA) is 127 Å². The van der Waals surface area contributed by atoms with Gasteiger partial charge in [-0.25, -0.2) is 4.68 Å². The second-order valence-corrected chi connectivity index (χ2v) is 6.64. The van der Waals surface area contributed by atoms with Crippen molar-refractivity contribution in [2.24, 2.45) is 0 Å². The molecule has 0 fully saturated rings. The maximum Gasteiger partial charge on any atom is 0.328 e. The maximum absolute atomic E-state index is 12.4. The molecule has 9 nitrogen and oxygen atoms in total. The molecule has 0 spiro atoms. The van der Waals surface area contributed by atoms with E-state index in [1.165, 1.54) is 32.0 Å². The fourth-order valence-electron chi connectivity index (χ4n) is 2.83. The van der Waals surface area contributed by atoms with Gasteiger partial charge < -0.3 is 10.1 Å². The van der Waals surface area contributed by atoms with Crippen LogP contribution in [0.3, 0.4) is 0 Å². The normalized spacial score (nSPS) is 11.7. The van der Waals surface area contributed by atoms with Gasteiger partial charge in [-0.3, -0.25) is 29.1 Å². The standard InChI is InChI=1S/C21H19N3O6/c1-12(25)14-6-5-7-15(10-14)22-19(27)13(2)30-18(26)11-24-21(29)17-9-4-3-8-16(17)20(28)23-24/h3-10,13H,11H2,1-2H3,(H,22,27)(H,23,28)/t13-/m1/s1. The molecule has 0 aliphatic rings. The SMILES string of the molecule is CC(=O)c1cccc(NC(=O)[C@@H](C)OC(=O)Cn2[nH]c(=O)c3ccccc3c2=O)c1. The van der Waals surface area contributed by atoms with Gasteiger partial charge in [-0.15, -0.1) is 0 Å². The lowest BCUT2D eigenvalue weighted by Crippen LogP contribution is -2.36. The minimum Gasteiger partial charge on any atom is -0.451 e. The van der Waals surface area contributed by atoms with Crippen molar-refractivity contribution in [2.45, 2.75) is 26.5 Å². The van der Waals surface area contributed by atoms with Gasteiger partial charge in [-0.05, 0) is 38.1 Å². The van der Waals surface area contributed by atoms with E-state index in [0.717, 1.165) is 4.68 Å². The van der Waals surface area contributed by atoms with Crippen LogP contribution in [-0.4, -0.2) is 33.5 Å². The highest BCUT2D eigenvalue weighted by Gasteiger charge is 2.19. The molecule has 3 rings (SSSR count). The van der Waals surface area contributed by atoms with Gasteiger partial charge in [0.15, 0.2) is 11.9 Å². The summed E-state index contributed by atoms with van der Waals surface area (Å²) >= 11 is 0. The Bertz CT molecular complexity index is 1260. The van der Waals surface area contributed by atoms with Crippen molar-refractivity contribution in [1.82, 2.24) is 9.78 Å². The summed E-state index contributed by atoms with van der Waals surface area (Å²) in [5.41, 5.74) is -0.266. The second kappa shape index (κ2) is 8.56. The quantitative estimate of drug-likeness (QED) is 0.469. The number of anilines is 1. The van der Waals surface area contributed by atoms with Crippen LogP contribution in [0.5, 0.6) is 0 Å². The molecule has 0 unspecified atom stereocenters. The summed E-state index contributed by atoms with van der Waals surface area (Å²) in [5, 5.41) is 5.27. The number of aromatic nitrogens is 2. The molecule has 0 saturated carbocycles. The summed E-state index contributed by atoms with van der Waals surface area (Å²) in [5.74, 6) is -1.63. The Balaban J connectivity index is 1.68. The number of nitrogens with one attached hydrogen (secondary N) is 2. The summed E-state index contributed by atoms with van der Waals surface area (Å²) in [6.45, 7) is 2.22. The first-order chi connectivity index (χ1) is 14.3. The Kier molecular flexibility index (Phi) is 5.91. The molecule has 0 saturated heterocycles. The number of esters is 1. The third kappa shape index (κ3) is 4.52. The number of rotatable bonds is 6. The zero-order valence-electron chi connectivity index (χ0n) is 16.3. The van der Waals surface area contributed by atoms with E-state index in [-0.39, 0.29) is 16.6 Å². The average molecular weight is 409 g/mol. The largest absolute Gasteiger partial charge is 0.451 e. The van der Waals surface area contributed by atoms with Gasteiger partial charge in [-0.1, -0.05) is 24.3 Å². The molecule has 154 valence electrons. The highest BCUT2D eigenvalue weighted by Crippen LogP contribution is 2.12. The lowest BCUT2D eigenvalue weighted by atomic mass is 10.1. The molecule has 3 aromatic rings. The molecule has 0 aliphatic carbocycles. The van der Waals surface area contributed by atoms with E-state index < -0.39 is 35.6 Å². The van der Waals surface area contributed by atoms with Crippen LogP contribution in [0.4, 0.5) is 5.69 Å². The lowest BCUT2D eigenvalue weighted by molar-refractivity contribution is -0.154. The van der Waals surface area contributed by atoms with Crippen molar-refractivity contribution in [3.63, 3.8) is 0 Å². The zero-order chi connectivity index (χ0) is 21.8. The summed E-state index contributed by atoms with van der Waals surface area (Å²) in [7, 11) is 0. The zero-order valence-corrected chi connectivity index (χ0v) is 16.3. The summed E-state index contributed by atoms with van der Waals surface area (Å²) in [6.07, 6.45) is -1.17. The van der Waals surface area contributed by atoms with Crippen LogP contribution in [0.25, 0.3) is 10.8 Å². The van der Waals surface area contributed by atoms with Gasteiger partial charge in [-0.2, -0.15) is 0 Å². The molecule has 1 atom stereocenters. The predicted molar refractivity (Wildman–Crippen MR) is 109 cm³/mol. The molecular weight excluding hydrogens is 390 g/mol. The first-order valence-corrected chi connectivity index (χ1v) is 9.09. The van der Waals surface area contributed by atoms with Gasteiger partial charge in [0.25, 0.3) is 17.0 Å². The van der Waals surface area contributed by atoms with Crippen LogP contribution in [0.15, 0.2) is 58.1 Å². The number of H-pyrrole nitrogens is 1. The summed E-state index contributed by atoms with van der Waals surface area (Å²) in [4.78, 5) is 60.4. The molecule has 1 heterocycles. The third-order valence-electron chi connectivity index (χ3n) is 4.39. The number of Topliss-reactive ketones (excluding diaryl/α,β-unsaturated/α-hetero) is 1. The second-order valence-electron chi connectivity index (χ2n) is 6.64. The minimum absolute atomic E-state index is 0.152. The number of benzene rings is 2. The van der Waals surface area contributed by atoms with Gasteiger partial charge in [0.2, 0.25) is 0 Å². The summed E-state index contributed by atoms with van der Waals surface area (Å²) < 4.78 is 5.91. The van der Waals surface area contributed by atoms with E-state index in [0.29, 0.717) is 11.3 Å². The number of carbonyl (C=O) groups excluding carboxylic acids is 3. The van der Waals surface area contributed by atoms with Crippen molar-refractivity contribution in [2.75, 3.05) is 5.32 Å². The number of ketones is 1. The first-order valence-electron chi connectivity index (χ1n) is 9.09. The number of aromatic amines is 1. The Labute approximate surface area is 170 Å².